The second kappa shape index (κ2) is 16.4. The minimum atomic E-state index is -3.82. The first-order valence-electron chi connectivity index (χ1n) is 15.9. The summed E-state index contributed by atoms with van der Waals surface area (Å²) in [5, 5.41) is 12.1. The topological polar surface area (TPSA) is 142 Å². The van der Waals surface area contributed by atoms with Crippen LogP contribution in [0.15, 0.2) is 105 Å². The fourth-order valence-electron chi connectivity index (χ4n) is 5.64. The van der Waals surface area contributed by atoms with Crippen LogP contribution >= 0.6 is 15.9 Å². The number of amides is 1. The van der Waals surface area contributed by atoms with Gasteiger partial charge in [-0.15, -0.1) is 0 Å². The Bertz CT molecular complexity index is 1900. The van der Waals surface area contributed by atoms with Crippen LogP contribution in [0.4, 0.5) is 0 Å². The maximum Gasteiger partial charge on any atom is 0.252 e. The number of rotatable bonds is 16. The molecule has 264 valence electrons. The number of ether oxygens (including phenoxy) is 5. The van der Waals surface area contributed by atoms with Crippen molar-refractivity contribution < 1.29 is 42.0 Å². The standard InChI is InChI=1S/C37H39BrN2O9S/c1-45-31-22-25(23-32(46-2)33(31)47-3)24-39-36(42)37(18-21-50(43,44)28-10-5-4-6-11-28)34(29-12-7-8-13-30(29)38)49-35(40-37)26-14-16-27(17-15-26)48-20-9-19-41/h4-8,10-17,22-23,34,41H,9,18-21,24H2,1-3H3,(H,39,42)/t34-,37-/m1/s1. The van der Waals surface area contributed by atoms with Crippen molar-refractivity contribution in [1.29, 1.82) is 0 Å². The number of nitrogens with zero attached hydrogens (tertiary/aromatic N) is 1. The molecule has 2 N–H and O–H groups in total. The number of halogens is 1. The van der Waals surface area contributed by atoms with Gasteiger partial charge in [0.1, 0.15) is 5.75 Å². The first kappa shape index (κ1) is 36.7. The summed E-state index contributed by atoms with van der Waals surface area (Å²) in [6.45, 7) is 0.404. The third-order valence-electron chi connectivity index (χ3n) is 8.25. The van der Waals surface area contributed by atoms with Crippen LogP contribution in [0.25, 0.3) is 0 Å². The average molecular weight is 768 g/mol. The molecule has 1 aliphatic rings. The zero-order valence-corrected chi connectivity index (χ0v) is 30.3. The van der Waals surface area contributed by atoms with Crippen molar-refractivity contribution in [2.45, 2.75) is 35.9 Å². The molecule has 0 radical (unpaired) electrons. The van der Waals surface area contributed by atoms with Crippen molar-refractivity contribution >= 4 is 37.6 Å². The van der Waals surface area contributed by atoms with E-state index in [1.165, 1.54) is 33.5 Å². The van der Waals surface area contributed by atoms with E-state index in [0.717, 1.165) is 0 Å². The number of benzene rings is 4. The molecule has 0 aliphatic carbocycles. The number of nitrogens with one attached hydrogen (secondary N) is 1. The van der Waals surface area contributed by atoms with Crippen LogP contribution in [-0.2, 0) is 25.9 Å². The maximum atomic E-state index is 14.7. The molecule has 0 spiro atoms. The highest BCUT2D eigenvalue weighted by molar-refractivity contribution is 9.10. The first-order chi connectivity index (χ1) is 24.1. The molecule has 0 saturated heterocycles. The molecule has 2 atom stereocenters. The van der Waals surface area contributed by atoms with Gasteiger partial charge in [0.05, 0.1) is 38.6 Å². The smallest absolute Gasteiger partial charge is 0.252 e. The number of sulfone groups is 1. The molecule has 0 saturated carbocycles. The highest BCUT2D eigenvalue weighted by atomic mass is 79.9. The Labute approximate surface area is 300 Å². The number of carbonyl (C=O) groups excluding carboxylic acids is 1. The molecule has 50 heavy (non-hydrogen) atoms. The van der Waals surface area contributed by atoms with Crippen LogP contribution in [0.5, 0.6) is 23.0 Å². The lowest BCUT2D eigenvalue weighted by Gasteiger charge is -2.31. The summed E-state index contributed by atoms with van der Waals surface area (Å²) in [4.78, 5) is 19.8. The van der Waals surface area contributed by atoms with Crippen LogP contribution in [0.1, 0.15) is 35.6 Å². The van der Waals surface area contributed by atoms with Crippen molar-refractivity contribution in [1.82, 2.24) is 5.32 Å². The maximum absolute atomic E-state index is 14.7. The second-order valence-electron chi connectivity index (χ2n) is 11.4. The summed E-state index contributed by atoms with van der Waals surface area (Å²) in [5.41, 5.74) is 0.132. The van der Waals surface area contributed by atoms with Gasteiger partial charge in [-0.25, -0.2) is 13.4 Å². The molecule has 11 nitrogen and oxygen atoms in total. The van der Waals surface area contributed by atoms with Crippen LogP contribution in [0.2, 0.25) is 0 Å². The molecule has 0 unspecified atom stereocenters. The highest BCUT2D eigenvalue weighted by Crippen LogP contribution is 2.45. The lowest BCUT2D eigenvalue weighted by Crippen LogP contribution is -2.49. The van der Waals surface area contributed by atoms with E-state index in [2.05, 4.69) is 21.2 Å². The Morgan fingerprint density at radius 1 is 0.940 bits per heavy atom. The molecule has 1 aliphatic heterocycles. The fourth-order valence-corrected chi connectivity index (χ4v) is 7.52. The molecule has 1 heterocycles. The third-order valence-corrected chi connectivity index (χ3v) is 10.7. The zero-order valence-electron chi connectivity index (χ0n) is 27.9. The largest absolute Gasteiger partial charge is 0.494 e. The Kier molecular flexibility index (Phi) is 12.0. The van der Waals surface area contributed by atoms with Crippen LogP contribution in [0.3, 0.4) is 0 Å². The summed E-state index contributed by atoms with van der Waals surface area (Å²) in [6, 6.07) is 25.9. The van der Waals surface area contributed by atoms with Gasteiger partial charge in [0, 0.05) is 41.6 Å². The molecule has 1 amide bonds. The molecular formula is C37H39BrN2O9S. The predicted octanol–water partition coefficient (Wildman–Crippen LogP) is 5.67. The normalized spacial score (nSPS) is 17.0. The minimum absolute atomic E-state index is 0.0167. The van der Waals surface area contributed by atoms with Gasteiger partial charge >= 0.3 is 0 Å². The number of carbonyl (C=O) groups is 1. The molecular weight excluding hydrogens is 728 g/mol. The summed E-state index contributed by atoms with van der Waals surface area (Å²) < 4.78 is 56.6. The van der Waals surface area contributed by atoms with Crippen LogP contribution in [-0.4, -0.2) is 71.2 Å². The Morgan fingerprint density at radius 3 is 2.22 bits per heavy atom. The SMILES string of the molecule is COc1cc(CNC(=O)[C@]2(CCS(=O)(=O)c3ccccc3)N=C(c3ccc(OCCCO)cc3)O[C@@H]2c2ccccc2Br)cc(OC)c1OC. The Balaban J connectivity index is 1.57. The van der Waals surface area contributed by atoms with Crippen molar-refractivity contribution in [2.24, 2.45) is 4.99 Å². The van der Waals surface area contributed by atoms with Gasteiger partial charge in [-0.1, -0.05) is 52.3 Å². The Hall–Kier alpha value is -4.59. The number of methoxy groups -OCH3 is 3. The molecule has 0 bridgehead atoms. The van der Waals surface area contributed by atoms with Gasteiger partial charge in [0.2, 0.25) is 11.6 Å². The van der Waals surface area contributed by atoms with Crippen molar-refractivity contribution in [2.75, 3.05) is 40.3 Å². The van der Waals surface area contributed by atoms with E-state index in [-0.39, 0.29) is 36.1 Å². The lowest BCUT2D eigenvalue weighted by atomic mass is 9.85. The number of aliphatic hydroxyl groups is 1. The van der Waals surface area contributed by atoms with Gasteiger partial charge in [-0.3, -0.25) is 4.79 Å². The zero-order chi connectivity index (χ0) is 35.7. The highest BCUT2D eigenvalue weighted by Gasteiger charge is 2.54. The molecule has 0 aromatic heterocycles. The van der Waals surface area contributed by atoms with E-state index >= 15 is 0 Å². The van der Waals surface area contributed by atoms with Gasteiger partial charge in [-0.2, -0.15) is 0 Å². The molecule has 4 aromatic carbocycles. The molecule has 0 fully saturated rings. The predicted molar refractivity (Wildman–Crippen MR) is 192 cm³/mol. The molecule has 5 rings (SSSR count). The van der Waals surface area contributed by atoms with E-state index in [1.807, 2.05) is 24.3 Å². The Morgan fingerprint density at radius 2 is 1.60 bits per heavy atom. The quantitative estimate of drug-likeness (QED) is 0.138. The van der Waals surface area contributed by atoms with E-state index in [1.54, 1.807) is 54.6 Å². The van der Waals surface area contributed by atoms with Crippen LogP contribution < -0.4 is 24.3 Å². The van der Waals surface area contributed by atoms with Crippen LogP contribution in [0, 0.1) is 0 Å². The van der Waals surface area contributed by atoms with Crippen molar-refractivity contribution in [3.8, 4) is 23.0 Å². The van der Waals surface area contributed by atoms with Crippen molar-refractivity contribution in [3.05, 3.63) is 112 Å². The minimum Gasteiger partial charge on any atom is -0.494 e. The van der Waals surface area contributed by atoms with E-state index in [0.29, 0.717) is 57.2 Å². The van der Waals surface area contributed by atoms with Gasteiger partial charge in [0.25, 0.3) is 5.91 Å². The first-order valence-corrected chi connectivity index (χ1v) is 18.3. The lowest BCUT2D eigenvalue weighted by molar-refractivity contribution is -0.129. The number of hydrogen-bond acceptors (Lipinski definition) is 10. The van der Waals surface area contributed by atoms with Gasteiger partial charge < -0.3 is 34.1 Å². The summed E-state index contributed by atoms with van der Waals surface area (Å²) in [6.07, 6.45) is -0.701. The number of hydrogen-bond donors (Lipinski definition) is 2. The summed E-state index contributed by atoms with van der Waals surface area (Å²) in [5.74, 6) is 1.09. The second-order valence-corrected chi connectivity index (χ2v) is 14.4. The monoisotopic (exact) mass is 766 g/mol. The summed E-state index contributed by atoms with van der Waals surface area (Å²) >= 11 is 3.62. The van der Waals surface area contributed by atoms with E-state index in [4.69, 9.17) is 33.8 Å². The summed E-state index contributed by atoms with van der Waals surface area (Å²) in [7, 11) is 0.688. The van der Waals surface area contributed by atoms with Gasteiger partial charge in [0.15, 0.2) is 33.0 Å². The molecule has 13 heteroatoms. The van der Waals surface area contributed by atoms with Crippen molar-refractivity contribution in [3.63, 3.8) is 0 Å². The van der Waals surface area contributed by atoms with E-state index < -0.39 is 27.4 Å². The fraction of sp³-hybridized carbons (Fsp3) is 0.297. The average Bonchev–Trinajstić information content (AvgIpc) is 3.54. The number of aliphatic hydroxyl groups excluding tert-OH is 1. The van der Waals surface area contributed by atoms with Gasteiger partial charge in [-0.05, 0) is 60.2 Å². The van der Waals surface area contributed by atoms with E-state index in [9.17, 15) is 13.2 Å². The third kappa shape index (κ3) is 8.06. The number of aliphatic imine (C=N–C) groups is 1. The molecule has 4 aromatic rings.